The van der Waals surface area contributed by atoms with Crippen LogP contribution in [0.2, 0.25) is 0 Å². The number of nitrogens with zero attached hydrogens (tertiary/aromatic N) is 3. The number of nitrogens with two attached hydrogens (primary N) is 1. The van der Waals surface area contributed by atoms with E-state index in [4.69, 9.17) is 15.7 Å². The average molecular weight is 279 g/mol. The van der Waals surface area contributed by atoms with E-state index in [2.05, 4.69) is 15.5 Å². The lowest BCUT2D eigenvalue weighted by atomic mass is 9.92. The highest BCUT2D eigenvalue weighted by Crippen LogP contribution is 2.41. The molecule has 6 heteroatoms. The van der Waals surface area contributed by atoms with Crippen LogP contribution in [0.5, 0.6) is 5.75 Å². The molecule has 6 nitrogen and oxygen atoms in total. The van der Waals surface area contributed by atoms with Gasteiger partial charge in [-0.05, 0) is 35.9 Å². The standard InChI is InChI=1S/C15H13N5O/c1-21-10-3-5-13-12(7-10)15(17)11-4-2-9(20-18-8-16)6-14(11)19-13/h2-7,15,19H,17H2,1H3. The van der Waals surface area contributed by atoms with Crippen molar-refractivity contribution in [2.24, 2.45) is 16.0 Å². The molecule has 0 spiro atoms. The number of nitriles is 1. The fourth-order valence-corrected chi connectivity index (χ4v) is 2.42. The van der Waals surface area contributed by atoms with Crippen molar-refractivity contribution in [2.45, 2.75) is 6.04 Å². The lowest BCUT2D eigenvalue weighted by Gasteiger charge is -2.27. The molecular formula is C15H13N5O. The summed E-state index contributed by atoms with van der Waals surface area (Å²) in [6.07, 6.45) is 1.63. The molecule has 1 unspecified atom stereocenters. The molecule has 0 aromatic heterocycles. The van der Waals surface area contributed by atoms with Gasteiger partial charge in [0, 0.05) is 16.9 Å². The highest BCUT2D eigenvalue weighted by atomic mass is 16.5. The number of fused-ring (bicyclic) bond motifs is 2. The van der Waals surface area contributed by atoms with Crippen LogP contribution in [-0.4, -0.2) is 7.11 Å². The second kappa shape index (κ2) is 5.23. The van der Waals surface area contributed by atoms with Gasteiger partial charge in [-0.3, -0.25) is 0 Å². The van der Waals surface area contributed by atoms with Crippen LogP contribution >= 0.6 is 0 Å². The van der Waals surface area contributed by atoms with Gasteiger partial charge in [0.1, 0.15) is 5.75 Å². The van der Waals surface area contributed by atoms with E-state index in [0.29, 0.717) is 5.69 Å². The maximum absolute atomic E-state index is 8.43. The first-order chi connectivity index (χ1) is 10.2. The van der Waals surface area contributed by atoms with Gasteiger partial charge in [0.15, 0.2) is 0 Å². The van der Waals surface area contributed by atoms with Crippen LogP contribution in [0.4, 0.5) is 17.1 Å². The Kier molecular flexibility index (Phi) is 3.26. The van der Waals surface area contributed by atoms with Crippen LogP contribution in [0.1, 0.15) is 17.2 Å². The molecule has 0 radical (unpaired) electrons. The zero-order valence-electron chi connectivity index (χ0n) is 11.4. The second-order valence-corrected chi connectivity index (χ2v) is 4.63. The third-order valence-corrected chi connectivity index (χ3v) is 3.45. The summed E-state index contributed by atoms with van der Waals surface area (Å²) >= 11 is 0. The maximum Gasteiger partial charge on any atom is 0.226 e. The quantitative estimate of drug-likeness (QED) is 0.650. The number of benzene rings is 2. The Balaban J connectivity index is 2.03. The Hall–Kier alpha value is -2.91. The number of azo groups is 1. The molecule has 0 bridgehead atoms. The normalized spacial score (nSPS) is 15.8. The fourth-order valence-electron chi connectivity index (χ4n) is 2.42. The van der Waals surface area contributed by atoms with E-state index in [1.165, 1.54) is 0 Å². The molecule has 1 aliphatic heterocycles. The van der Waals surface area contributed by atoms with Crippen molar-refractivity contribution in [1.29, 1.82) is 5.26 Å². The molecule has 1 heterocycles. The molecule has 0 saturated carbocycles. The first kappa shape index (κ1) is 13.1. The van der Waals surface area contributed by atoms with Crippen LogP contribution in [0.3, 0.4) is 0 Å². The minimum Gasteiger partial charge on any atom is -0.497 e. The van der Waals surface area contributed by atoms with Crippen molar-refractivity contribution < 1.29 is 4.74 Å². The fraction of sp³-hybridized carbons (Fsp3) is 0.133. The van der Waals surface area contributed by atoms with E-state index >= 15 is 0 Å². The zero-order valence-corrected chi connectivity index (χ0v) is 11.4. The predicted octanol–water partition coefficient (Wildman–Crippen LogP) is 3.37. The van der Waals surface area contributed by atoms with E-state index in [9.17, 15) is 0 Å². The molecule has 2 aromatic rings. The lowest BCUT2D eigenvalue weighted by Crippen LogP contribution is -2.19. The number of nitrogens with one attached hydrogen (secondary N) is 1. The van der Waals surface area contributed by atoms with Crippen LogP contribution < -0.4 is 15.8 Å². The van der Waals surface area contributed by atoms with Crippen LogP contribution in [0.25, 0.3) is 0 Å². The summed E-state index contributed by atoms with van der Waals surface area (Å²) in [5, 5.41) is 18.9. The van der Waals surface area contributed by atoms with Crippen molar-refractivity contribution in [1.82, 2.24) is 0 Å². The van der Waals surface area contributed by atoms with Gasteiger partial charge in [0.05, 0.1) is 18.8 Å². The van der Waals surface area contributed by atoms with Gasteiger partial charge in [0.25, 0.3) is 0 Å². The smallest absolute Gasteiger partial charge is 0.226 e. The Morgan fingerprint density at radius 1 is 1.19 bits per heavy atom. The van der Waals surface area contributed by atoms with E-state index in [-0.39, 0.29) is 6.04 Å². The molecule has 1 atom stereocenters. The van der Waals surface area contributed by atoms with Crippen molar-refractivity contribution >= 4 is 17.1 Å². The number of rotatable bonds is 2. The Morgan fingerprint density at radius 3 is 2.81 bits per heavy atom. The molecule has 21 heavy (non-hydrogen) atoms. The van der Waals surface area contributed by atoms with Gasteiger partial charge in [-0.15, -0.1) is 5.11 Å². The SMILES string of the molecule is COc1ccc2c(c1)C(N)c1ccc(N=NC#N)cc1N2. The molecule has 2 aromatic carbocycles. The van der Waals surface area contributed by atoms with Crippen LogP contribution in [0, 0.1) is 11.5 Å². The molecular weight excluding hydrogens is 266 g/mol. The summed E-state index contributed by atoms with van der Waals surface area (Å²) in [7, 11) is 1.63. The largest absolute Gasteiger partial charge is 0.497 e. The summed E-state index contributed by atoms with van der Waals surface area (Å²) in [5.74, 6) is 0.772. The molecule has 0 aliphatic carbocycles. The third kappa shape index (κ3) is 2.30. The van der Waals surface area contributed by atoms with Crippen molar-refractivity contribution in [3.05, 3.63) is 47.5 Å². The molecule has 3 rings (SSSR count). The van der Waals surface area contributed by atoms with E-state index in [1.54, 1.807) is 19.4 Å². The molecule has 0 fully saturated rings. The highest BCUT2D eigenvalue weighted by Gasteiger charge is 2.23. The van der Waals surface area contributed by atoms with Gasteiger partial charge < -0.3 is 15.8 Å². The number of methoxy groups -OCH3 is 1. The molecule has 0 amide bonds. The predicted molar refractivity (Wildman–Crippen MR) is 78.9 cm³/mol. The molecule has 3 N–H and O–H groups in total. The zero-order chi connectivity index (χ0) is 14.8. The minimum atomic E-state index is -0.242. The average Bonchev–Trinajstić information content (AvgIpc) is 2.52. The molecule has 0 saturated heterocycles. The van der Waals surface area contributed by atoms with Gasteiger partial charge in [0.2, 0.25) is 6.19 Å². The summed E-state index contributed by atoms with van der Waals surface area (Å²) in [6, 6.07) is 11.0. The second-order valence-electron chi connectivity index (χ2n) is 4.63. The highest BCUT2D eigenvalue weighted by molar-refractivity contribution is 5.76. The summed E-state index contributed by atoms with van der Waals surface area (Å²) in [5.41, 5.74) is 10.7. The van der Waals surface area contributed by atoms with Crippen molar-refractivity contribution in [3.63, 3.8) is 0 Å². The number of hydrogen-bond donors (Lipinski definition) is 2. The summed E-state index contributed by atoms with van der Waals surface area (Å²) in [6.45, 7) is 0. The van der Waals surface area contributed by atoms with E-state index in [1.807, 2.05) is 30.3 Å². The topological polar surface area (TPSA) is 95.8 Å². The van der Waals surface area contributed by atoms with E-state index in [0.717, 1.165) is 28.3 Å². The third-order valence-electron chi connectivity index (χ3n) is 3.45. The first-order valence-corrected chi connectivity index (χ1v) is 6.37. The number of ether oxygens (including phenoxy) is 1. The molecule has 104 valence electrons. The van der Waals surface area contributed by atoms with Gasteiger partial charge in [-0.1, -0.05) is 11.2 Å². The summed E-state index contributed by atoms with van der Waals surface area (Å²) in [4.78, 5) is 0. The number of hydrogen-bond acceptors (Lipinski definition) is 6. The van der Waals surface area contributed by atoms with Crippen molar-refractivity contribution in [3.8, 4) is 11.9 Å². The molecule has 1 aliphatic rings. The number of anilines is 2. The Morgan fingerprint density at radius 2 is 2.05 bits per heavy atom. The van der Waals surface area contributed by atoms with Crippen LogP contribution in [-0.2, 0) is 0 Å². The van der Waals surface area contributed by atoms with Gasteiger partial charge in [-0.25, -0.2) is 0 Å². The monoisotopic (exact) mass is 279 g/mol. The first-order valence-electron chi connectivity index (χ1n) is 6.37. The lowest BCUT2D eigenvalue weighted by molar-refractivity contribution is 0.414. The maximum atomic E-state index is 8.43. The van der Waals surface area contributed by atoms with E-state index < -0.39 is 0 Å². The van der Waals surface area contributed by atoms with Gasteiger partial charge >= 0.3 is 0 Å². The summed E-state index contributed by atoms with van der Waals surface area (Å²) < 4.78 is 5.24. The minimum absolute atomic E-state index is 0.242. The van der Waals surface area contributed by atoms with Gasteiger partial charge in [-0.2, -0.15) is 5.26 Å². The Labute approximate surface area is 121 Å². The van der Waals surface area contributed by atoms with Crippen molar-refractivity contribution in [2.75, 3.05) is 12.4 Å². The van der Waals surface area contributed by atoms with Crippen LogP contribution in [0.15, 0.2) is 46.6 Å². The Bertz CT molecular complexity index is 763.